The number of hydrogen-bond acceptors (Lipinski definition) is 5. The predicted molar refractivity (Wildman–Crippen MR) is 111 cm³/mol. The Kier molecular flexibility index (Phi) is 6.34. The van der Waals surface area contributed by atoms with Gasteiger partial charge in [0.15, 0.2) is 0 Å². The number of rotatable bonds is 6. The smallest absolute Gasteiger partial charge is 0.250 e. The van der Waals surface area contributed by atoms with Gasteiger partial charge < -0.3 is 19.4 Å². The molecule has 2 rings (SSSR count). The van der Waals surface area contributed by atoms with E-state index in [0.29, 0.717) is 17.1 Å². The van der Waals surface area contributed by atoms with Crippen LogP contribution < -0.4 is 9.16 Å². The van der Waals surface area contributed by atoms with Crippen LogP contribution in [0.5, 0.6) is 11.5 Å². The van der Waals surface area contributed by atoms with Crippen molar-refractivity contribution in [1.82, 2.24) is 4.98 Å². The molecule has 0 amide bonds. The van der Waals surface area contributed by atoms with Gasteiger partial charge in [0.2, 0.25) is 8.32 Å². The molecule has 0 radical (unpaired) electrons. The summed E-state index contributed by atoms with van der Waals surface area (Å²) in [5.74, 6) is 1.50. The minimum Gasteiger partial charge on any atom is -0.543 e. The summed E-state index contributed by atoms with van der Waals surface area (Å²) in [7, 11) is -0.328. The summed E-state index contributed by atoms with van der Waals surface area (Å²) in [5, 5.41) is 19.1. The fourth-order valence-electron chi connectivity index (χ4n) is 2.72. The molecular formula is C21H31NO4Si. The SMILES string of the molecule is COc1cc(O[Si](C)(C)C(C)(C)C)cc(C)c1-c1cc(CO)nc(CO)c1. The number of benzene rings is 1. The average Bonchev–Trinajstić information content (AvgIpc) is 2.59. The Morgan fingerprint density at radius 2 is 1.56 bits per heavy atom. The van der Waals surface area contributed by atoms with E-state index in [1.54, 1.807) is 7.11 Å². The first-order valence-electron chi connectivity index (χ1n) is 9.12. The maximum atomic E-state index is 9.48. The lowest BCUT2D eigenvalue weighted by Gasteiger charge is -2.36. The predicted octanol–water partition coefficient (Wildman–Crippen LogP) is 4.43. The lowest BCUT2D eigenvalue weighted by atomic mass is 9.98. The summed E-state index contributed by atoms with van der Waals surface area (Å²) in [6.07, 6.45) is 0. The summed E-state index contributed by atoms with van der Waals surface area (Å²) in [6, 6.07) is 7.58. The number of methoxy groups -OCH3 is 1. The van der Waals surface area contributed by atoms with E-state index in [9.17, 15) is 10.2 Å². The summed E-state index contributed by atoms with van der Waals surface area (Å²) in [5.41, 5.74) is 3.79. The highest BCUT2D eigenvalue weighted by atomic mass is 28.4. The van der Waals surface area contributed by atoms with Crippen LogP contribution in [0, 0.1) is 6.92 Å². The van der Waals surface area contributed by atoms with Crippen LogP contribution in [0.15, 0.2) is 24.3 Å². The molecule has 0 aliphatic carbocycles. The normalized spacial score (nSPS) is 12.2. The van der Waals surface area contributed by atoms with E-state index in [2.05, 4.69) is 38.8 Å². The molecule has 0 aliphatic rings. The van der Waals surface area contributed by atoms with Gasteiger partial charge in [0.1, 0.15) is 11.5 Å². The number of nitrogens with zero attached hydrogens (tertiary/aromatic N) is 1. The molecule has 0 spiro atoms. The van der Waals surface area contributed by atoms with Crippen LogP contribution >= 0.6 is 0 Å². The number of aromatic nitrogens is 1. The molecule has 1 heterocycles. The number of aliphatic hydroxyl groups is 2. The summed E-state index contributed by atoms with van der Waals surface area (Å²) in [4.78, 5) is 4.21. The maximum Gasteiger partial charge on any atom is 0.250 e. The van der Waals surface area contributed by atoms with Crippen molar-refractivity contribution >= 4 is 8.32 Å². The van der Waals surface area contributed by atoms with E-state index in [1.165, 1.54) is 0 Å². The monoisotopic (exact) mass is 389 g/mol. The number of aliphatic hydroxyl groups excluding tert-OH is 2. The number of aryl methyl sites for hydroxylation is 1. The second kappa shape index (κ2) is 8.00. The van der Waals surface area contributed by atoms with E-state index in [0.717, 1.165) is 22.4 Å². The highest BCUT2D eigenvalue weighted by molar-refractivity contribution is 6.74. The number of hydrogen-bond donors (Lipinski definition) is 2. The van der Waals surface area contributed by atoms with Crippen molar-refractivity contribution in [3.05, 3.63) is 41.2 Å². The van der Waals surface area contributed by atoms with E-state index in [1.807, 2.05) is 31.2 Å². The lowest BCUT2D eigenvalue weighted by molar-refractivity contribution is 0.265. The zero-order valence-electron chi connectivity index (χ0n) is 17.4. The van der Waals surface area contributed by atoms with Gasteiger partial charge in [-0.15, -0.1) is 0 Å². The summed E-state index contributed by atoms with van der Waals surface area (Å²) >= 11 is 0. The van der Waals surface area contributed by atoms with Crippen LogP contribution in [0.1, 0.15) is 37.7 Å². The van der Waals surface area contributed by atoms with Crippen molar-refractivity contribution in [3.63, 3.8) is 0 Å². The molecule has 0 saturated carbocycles. The van der Waals surface area contributed by atoms with Gasteiger partial charge in [-0.05, 0) is 54.4 Å². The zero-order chi connectivity index (χ0) is 20.4. The molecule has 148 valence electrons. The lowest BCUT2D eigenvalue weighted by Crippen LogP contribution is -2.43. The van der Waals surface area contributed by atoms with Gasteiger partial charge in [0.05, 0.1) is 31.7 Å². The summed E-state index contributed by atoms with van der Waals surface area (Å²) < 4.78 is 12.1. The third-order valence-electron chi connectivity index (χ3n) is 5.22. The van der Waals surface area contributed by atoms with E-state index in [4.69, 9.17) is 9.16 Å². The maximum absolute atomic E-state index is 9.48. The van der Waals surface area contributed by atoms with Crippen LogP contribution in [0.4, 0.5) is 0 Å². The van der Waals surface area contributed by atoms with Gasteiger partial charge in [-0.3, -0.25) is 4.98 Å². The number of pyridine rings is 1. The highest BCUT2D eigenvalue weighted by Gasteiger charge is 2.39. The third-order valence-corrected chi connectivity index (χ3v) is 9.57. The van der Waals surface area contributed by atoms with Crippen LogP contribution in [-0.2, 0) is 13.2 Å². The molecular weight excluding hydrogens is 358 g/mol. The third kappa shape index (κ3) is 4.69. The summed E-state index contributed by atoms with van der Waals surface area (Å²) in [6.45, 7) is 12.7. The van der Waals surface area contributed by atoms with Gasteiger partial charge in [0.25, 0.3) is 0 Å². The van der Waals surface area contributed by atoms with Crippen LogP contribution in [-0.4, -0.2) is 30.6 Å². The van der Waals surface area contributed by atoms with Gasteiger partial charge in [-0.2, -0.15) is 0 Å². The van der Waals surface area contributed by atoms with E-state index < -0.39 is 8.32 Å². The Morgan fingerprint density at radius 3 is 2.00 bits per heavy atom. The number of ether oxygens (including phenoxy) is 1. The van der Waals surface area contributed by atoms with E-state index >= 15 is 0 Å². The Balaban J connectivity index is 2.55. The van der Waals surface area contributed by atoms with Crippen LogP contribution in [0.3, 0.4) is 0 Å². The Hall–Kier alpha value is -1.89. The second-order valence-corrected chi connectivity index (χ2v) is 13.1. The van der Waals surface area contributed by atoms with Crippen molar-refractivity contribution in [1.29, 1.82) is 0 Å². The minimum absolute atomic E-state index is 0.101. The van der Waals surface area contributed by atoms with Crippen LogP contribution in [0.2, 0.25) is 18.1 Å². The Labute approximate surface area is 163 Å². The molecule has 27 heavy (non-hydrogen) atoms. The quantitative estimate of drug-likeness (QED) is 0.715. The molecule has 0 fully saturated rings. The molecule has 1 aromatic heterocycles. The molecule has 0 saturated heterocycles. The molecule has 5 nitrogen and oxygen atoms in total. The first kappa shape index (κ1) is 21.4. The second-order valence-electron chi connectivity index (χ2n) is 8.33. The van der Waals surface area contributed by atoms with Crippen molar-refractivity contribution in [2.45, 2.75) is 59.0 Å². The molecule has 0 atom stereocenters. The first-order valence-corrected chi connectivity index (χ1v) is 12.0. The van der Waals surface area contributed by atoms with Crippen molar-refractivity contribution in [3.8, 4) is 22.6 Å². The fraction of sp³-hybridized carbons (Fsp3) is 0.476. The fourth-order valence-corrected chi connectivity index (χ4v) is 3.73. The van der Waals surface area contributed by atoms with Gasteiger partial charge in [-0.25, -0.2) is 0 Å². The van der Waals surface area contributed by atoms with Gasteiger partial charge >= 0.3 is 0 Å². The molecule has 2 aromatic rings. The zero-order valence-corrected chi connectivity index (χ0v) is 18.4. The first-order chi connectivity index (χ1) is 12.5. The molecule has 0 aliphatic heterocycles. The van der Waals surface area contributed by atoms with Crippen molar-refractivity contribution in [2.24, 2.45) is 0 Å². The molecule has 6 heteroatoms. The van der Waals surface area contributed by atoms with E-state index in [-0.39, 0.29) is 18.3 Å². The molecule has 0 bridgehead atoms. The minimum atomic E-state index is -1.96. The van der Waals surface area contributed by atoms with Gasteiger partial charge in [-0.1, -0.05) is 20.8 Å². The standard InChI is InChI=1S/C21H31NO4Si/c1-14-8-18(26-27(6,7)21(2,3)4)11-19(25-5)20(14)15-9-16(12-23)22-17(10-15)13-24/h8-11,23-24H,12-13H2,1-7H3. The molecule has 0 unspecified atom stereocenters. The largest absolute Gasteiger partial charge is 0.543 e. The highest BCUT2D eigenvalue weighted by Crippen LogP contribution is 2.41. The Bertz CT molecular complexity index is 790. The van der Waals surface area contributed by atoms with Crippen molar-refractivity contribution < 1.29 is 19.4 Å². The van der Waals surface area contributed by atoms with Gasteiger partial charge in [0, 0.05) is 11.6 Å². The average molecular weight is 390 g/mol. The van der Waals surface area contributed by atoms with Crippen molar-refractivity contribution in [2.75, 3.05) is 7.11 Å². The van der Waals surface area contributed by atoms with Crippen LogP contribution in [0.25, 0.3) is 11.1 Å². The Morgan fingerprint density at radius 1 is 1.00 bits per heavy atom. The molecule has 2 N–H and O–H groups in total. The molecule has 1 aromatic carbocycles. The topological polar surface area (TPSA) is 71.8 Å².